The van der Waals surface area contributed by atoms with Gasteiger partial charge in [0.05, 0.1) is 0 Å². The van der Waals surface area contributed by atoms with Gasteiger partial charge in [-0.1, -0.05) is 24.3 Å². The molecule has 20 heavy (non-hydrogen) atoms. The summed E-state index contributed by atoms with van der Waals surface area (Å²) in [6.07, 6.45) is 0.214. The van der Waals surface area contributed by atoms with Gasteiger partial charge in [-0.2, -0.15) is 0 Å². The van der Waals surface area contributed by atoms with E-state index in [9.17, 15) is 9.18 Å². The first-order valence-electron chi connectivity index (χ1n) is 6.40. The van der Waals surface area contributed by atoms with E-state index in [1.165, 1.54) is 12.1 Å². The van der Waals surface area contributed by atoms with Crippen molar-refractivity contribution in [3.63, 3.8) is 0 Å². The smallest absolute Gasteiger partial charge is 0.202 e. The Morgan fingerprint density at radius 3 is 2.70 bits per heavy atom. The van der Waals surface area contributed by atoms with Crippen molar-refractivity contribution in [1.29, 1.82) is 0 Å². The monoisotopic (exact) mass is 268 g/mol. The molecule has 0 aliphatic heterocycles. The number of halogens is 1. The largest absolute Gasteiger partial charge is 0.453 e. The zero-order valence-electron chi connectivity index (χ0n) is 11.0. The predicted octanol–water partition coefficient (Wildman–Crippen LogP) is 4.31. The molecule has 3 heteroatoms. The summed E-state index contributed by atoms with van der Waals surface area (Å²) in [6, 6.07) is 13.7. The van der Waals surface area contributed by atoms with E-state index in [4.69, 9.17) is 4.42 Å². The number of ketones is 1. The summed E-state index contributed by atoms with van der Waals surface area (Å²) in [7, 11) is 0. The Kier molecular flexibility index (Phi) is 3.11. The molecule has 0 radical (unpaired) electrons. The van der Waals surface area contributed by atoms with Crippen LogP contribution in [0.5, 0.6) is 0 Å². The number of benzene rings is 2. The predicted molar refractivity (Wildman–Crippen MR) is 75.4 cm³/mol. The van der Waals surface area contributed by atoms with Crippen LogP contribution < -0.4 is 0 Å². The second kappa shape index (κ2) is 4.93. The van der Waals surface area contributed by atoms with Crippen molar-refractivity contribution in [2.24, 2.45) is 0 Å². The molecule has 0 amide bonds. The molecule has 0 saturated heterocycles. The standard InChI is InChI=1S/C17H13FO2/c1-11-8-14(18)7-6-12(11)9-15(19)17-10-13-4-2-3-5-16(13)20-17/h2-8,10H,9H2,1H3. The maximum absolute atomic E-state index is 13.0. The summed E-state index contributed by atoms with van der Waals surface area (Å²) in [5.74, 6) is -0.0479. The SMILES string of the molecule is Cc1cc(F)ccc1CC(=O)c1cc2ccccc2o1. The van der Waals surface area contributed by atoms with Crippen LogP contribution in [-0.4, -0.2) is 5.78 Å². The summed E-state index contributed by atoms with van der Waals surface area (Å²) >= 11 is 0. The minimum absolute atomic E-state index is 0.101. The lowest BCUT2D eigenvalue weighted by Crippen LogP contribution is -2.03. The summed E-state index contributed by atoms with van der Waals surface area (Å²) in [4.78, 5) is 12.2. The number of para-hydroxylation sites is 1. The second-order valence-electron chi connectivity index (χ2n) is 4.82. The number of carbonyl (C=O) groups is 1. The van der Waals surface area contributed by atoms with E-state index in [0.29, 0.717) is 11.3 Å². The van der Waals surface area contributed by atoms with Crippen molar-refractivity contribution in [2.75, 3.05) is 0 Å². The molecule has 0 aliphatic rings. The van der Waals surface area contributed by atoms with E-state index in [0.717, 1.165) is 16.5 Å². The van der Waals surface area contributed by atoms with E-state index in [1.54, 1.807) is 19.1 Å². The van der Waals surface area contributed by atoms with Crippen molar-refractivity contribution < 1.29 is 13.6 Å². The molecule has 1 aromatic heterocycles. The zero-order valence-corrected chi connectivity index (χ0v) is 11.0. The van der Waals surface area contributed by atoms with Gasteiger partial charge in [-0.15, -0.1) is 0 Å². The van der Waals surface area contributed by atoms with Crippen LogP contribution >= 0.6 is 0 Å². The van der Waals surface area contributed by atoms with Crippen LogP contribution in [0.1, 0.15) is 21.7 Å². The van der Waals surface area contributed by atoms with Gasteiger partial charge >= 0.3 is 0 Å². The lowest BCUT2D eigenvalue weighted by molar-refractivity contribution is 0.0968. The molecule has 1 heterocycles. The fourth-order valence-corrected chi connectivity index (χ4v) is 2.24. The summed E-state index contributed by atoms with van der Waals surface area (Å²) < 4.78 is 18.6. The summed E-state index contributed by atoms with van der Waals surface area (Å²) in [5, 5.41) is 0.909. The Morgan fingerprint density at radius 1 is 1.15 bits per heavy atom. The highest BCUT2D eigenvalue weighted by Gasteiger charge is 2.14. The van der Waals surface area contributed by atoms with E-state index >= 15 is 0 Å². The van der Waals surface area contributed by atoms with Crippen LogP contribution in [-0.2, 0) is 6.42 Å². The number of hydrogen-bond acceptors (Lipinski definition) is 2. The third-order valence-electron chi connectivity index (χ3n) is 3.36. The summed E-state index contributed by atoms with van der Waals surface area (Å²) in [6.45, 7) is 1.80. The van der Waals surface area contributed by atoms with Crippen LogP contribution in [0, 0.1) is 12.7 Å². The normalized spacial score (nSPS) is 10.9. The van der Waals surface area contributed by atoms with Crippen molar-refractivity contribution >= 4 is 16.8 Å². The summed E-state index contributed by atoms with van der Waals surface area (Å²) in [5.41, 5.74) is 2.29. The Hall–Kier alpha value is -2.42. The first kappa shape index (κ1) is 12.6. The van der Waals surface area contributed by atoms with E-state index < -0.39 is 0 Å². The van der Waals surface area contributed by atoms with Gasteiger partial charge in [0.2, 0.25) is 5.78 Å². The Labute approximate surface area is 115 Å². The Bertz CT molecular complexity index is 754. The molecule has 0 atom stereocenters. The molecule has 0 bridgehead atoms. The number of Topliss-reactive ketones (excluding diaryl/α,β-unsaturated/α-hetero) is 1. The molecule has 3 aromatic rings. The maximum atomic E-state index is 13.0. The first-order chi connectivity index (χ1) is 9.63. The van der Waals surface area contributed by atoms with Gasteiger partial charge in [-0.3, -0.25) is 4.79 Å². The van der Waals surface area contributed by atoms with Gasteiger partial charge < -0.3 is 4.42 Å². The van der Waals surface area contributed by atoms with E-state index in [1.807, 2.05) is 24.3 Å². The lowest BCUT2D eigenvalue weighted by atomic mass is 10.0. The molecule has 100 valence electrons. The van der Waals surface area contributed by atoms with Gasteiger partial charge in [-0.25, -0.2) is 4.39 Å². The molecule has 2 aromatic carbocycles. The highest BCUT2D eigenvalue weighted by Crippen LogP contribution is 2.21. The molecular weight excluding hydrogens is 255 g/mol. The molecule has 0 N–H and O–H groups in total. The fraction of sp³-hybridized carbons (Fsp3) is 0.118. The third-order valence-corrected chi connectivity index (χ3v) is 3.36. The molecule has 0 unspecified atom stereocenters. The molecule has 0 spiro atoms. The molecule has 0 aliphatic carbocycles. The minimum atomic E-state index is -0.289. The number of aryl methyl sites for hydroxylation is 1. The number of fused-ring (bicyclic) bond motifs is 1. The van der Waals surface area contributed by atoms with Crippen LogP contribution in [0.3, 0.4) is 0 Å². The van der Waals surface area contributed by atoms with Crippen molar-refractivity contribution in [3.8, 4) is 0 Å². The zero-order chi connectivity index (χ0) is 14.1. The van der Waals surface area contributed by atoms with Gasteiger partial charge in [-0.05, 0) is 42.3 Å². The average molecular weight is 268 g/mol. The topological polar surface area (TPSA) is 30.2 Å². The van der Waals surface area contributed by atoms with Crippen LogP contribution in [0.4, 0.5) is 4.39 Å². The maximum Gasteiger partial charge on any atom is 0.202 e. The second-order valence-corrected chi connectivity index (χ2v) is 4.82. The van der Waals surface area contributed by atoms with Crippen LogP contribution in [0.2, 0.25) is 0 Å². The van der Waals surface area contributed by atoms with Gasteiger partial charge in [0.15, 0.2) is 5.76 Å². The minimum Gasteiger partial charge on any atom is -0.453 e. The molecule has 2 nitrogen and oxygen atoms in total. The van der Waals surface area contributed by atoms with Crippen molar-refractivity contribution in [2.45, 2.75) is 13.3 Å². The molecular formula is C17H13FO2. The van der Waals surface area contributed by atoms with Crippen LogP contribution in [0.15, 0.2) is 52.9 Å². The number of carbonyl (C=O) groups excluding carboxylic acids is 1. The molecule has 3 rings (SSSR count). The van der Waals surface area contributed by atoms with Crippen LogP contribution in [0.25, 0.3) is 11.0 Å². The Balaban J connectivity index is 1.89. The van der Waals surface area contributed by atoms with Gasteiger partial charge in [0.1, 0.15) is 11.4 Å². The van der Waals surface area contributed by atoms with E-state index in [-0.39, 0.29) is 18.0 Å². The lowest BCUT2D eigenvalue weighted by Gasteiger charge is -2.03. The fourth-order valence-electron chi connectivity index (χ4n) is 2.24. The number of rotatable bonds is 3. The van der Waals surface area contributed by atoms with Gasteiger partial charge in [0.25, 0.3) is 0 Å². The van der Waals surface area contributed by atoms with E-state index in [2.05, 4.69) is 0 Å². The number of hydrogen-bond donors (Lipinski definition) is 0. The molecule has 0 saturated carbocycles. The van der Waals surface area contributed by atoms with Gasteiger partial charge in [0, 0.05) is 11.8 Å². The third kappa shape index (κ3) is 2.35. The highest BCUT2D eigenvalue weighted by molar-refractivity contribution is 5.98. The Morgan fingerprint density at radius 2 is 1.95 bits per heavy atom. The highest BCUT2D eigenvalue weighted by atomic mass is 19.1. The molecule has 0 fully saturated rings. The van der Waals surface area contributed by atoms with Crippen molar-refractivity contribution in [1.82, 2.24) is 0 Å². The first-order valence-corrected chi connectivity index (χ1v) is 6.40. The van der Waals surface area contributed by atoms with Crippen molar-refractivity contribution in [3.05, 3.63) is 71.2 Å². The number of furan rings is 1. The average Bonchev–Trinajstić information content (AvgIpc) is 2.86. The quantitative estimate of drug-likeness (QED) is 0.663.